The Balaban J connectivity index is 0.000000200. The van der Waals surface area contributed by atoms with Crippen molar-refractivity contribution < 1.29 is 14.7 Å². The highest BCUT2D eigenvalue weighted by Gasteiger charge is 1.97. The summed E-state index contributed by atoms with van der Waals surface area (Å²) in [6.45, 7) is 1.99. The zero-order valence-corrected chi connectivity index (χ0v) is 13.8. The third kappa shape index (κ3) is 4.90. The summed E-state index contributed by atoms with van der Waals surface area (Å²) < 4.78 is 1.48. The number of halogens is 2. The number of hydrogen-bond acceptors (Lipinski definition) is 3. The average Bonchev–Trinajstić information content (AvgIpc) is 2.40. The van der Waals surface area contributed by atoms with Crippen molar-refractivity contribution in [3.8, 4) is 5.75 Å². The standard InChI is InChI=1S/C8H7BrO.C7H5BrO2/c1-6-2-3-7(5-10)8(9)4-6;8-7-3-6(10)2-1-5(7)4-9/h2-5H,1H3;1-4,10H. The van der Waals surface area contributed by atoms with Crippen molar-refractivity contribution in [3.63, 3.8) is 0 Å². The molecule has 0 bridgehead atoms. The van der Waals surface area contributed by atoms with Crippen molar-refractivity contribution in [1.82, 2.24) is 0 Å². The molecule has 2 rings (SSSR count). The SMILES string of the molecule is Cc1ccc(C=O)c(Br)c1.O=Cc1ccc(O)cc1Br. The molecule has 0 amide bonds. The summed E-state index contributed by atoms with van der Waals surface area (Å²) in [6, 6.07) is 10.1. The minimum absolute atomic E-state index is 0.150. The first-order valence-electron chi connectivity index (χ1n) is 5.63. The maximum Gasteiger partial charge on any atom is 0.151 e. The van der Waals surface area contributed by atoms with E-state index in [1.165, 1.54) is 12.1 Å². The Morgan fingerprint density at radius 1 is 0.900 bits per heavy atom. The predicted molar refractivity (Wildman–Crippen MR) is 85.5 cm³/mol. The second-order valence-electron chi connectivity index (χ2n) is 3.97. The Kier molecular flexibility index (Phi) is 6.61. The van der Waals surface area contributed by atoms with Gasteiger partial charge in [0.2, 0.25) is 0 Å². The van der Waals surface area contributed by atoms with Crippen LogP contribution in [0.4, 0.5) is 0 Å². The molecule has 2 aromatic carbocycles. The van der Waals surface area contributed by atoms with Crippen LogP contribution in [0.2, 0.25) is 0 Å². The van der Waals surface area contributed by atoms with Gasteiger partial charge in [-0.15, -0.1) is 0 Å². The summed E-state index contributed by atoms with van der Waals surface area (Å²) in [5.41, 5.74) is 2.39. The van der Waals surface area contributed by atoms with Crippen molar-refractivity contribution in [1.29, 1.82) is 0 Å². The fourth-order valence-corrected chi connectivity index (χ4v) is 2.39. The highest BCUT2D eigenvalue weighted by atomic mass is 79.9. The van der Waals surface area contributed by atoms with Gasteiger partial charge in [0.15, 0.2) is 12.6 Å². The van der Waals surface area contributed by atoms with Gasteiger partial charge in [0.05, 0.1) is 0 Å². The van der Waals surface area contributed by atoms with Crippen molar-refractivity contribution in [2.75, 3.05) is 0 Å². The van der Waals surface area contributed by atoms with E-state index in [1.807, 2.05) is 19.1 Å². The van der Waals surface area contributed by atoms with Crippen LogP contribution >= 0.6 is 31.9 Å². The molecular formula is C15H12Br2O3. The van der Waals surface area contributed by atoms with E-state index < -0.39 is 0 Å². The zero-order valence-electron chi connectivity index (χ0n) is 10.6. The summed E-state index contributed by atoms with van der Waals surface area (Å²) in [6.07, 6.45) is 1.56. The van der Waals surface area contributed by atoms with Crippen LogP contribution in [0.3, 0.4) is 0 Å². The topological polar surface area (TPSA) is 54.4 Å². The van der Waals surface area contributed by atoms with E-state index >= 15 is 0 Å². The lowest BCUT2D eigenvalue weighted by Crippen LogP contribution is -1.81. The summed E-state index contributed by atoms with van der Waals surface area (Å²) in [7, 11) is 0. The van der Waals surface area contributed by atoms with Gasteiger partial charge in [-0.3, -0.25) is 9.59 Å². The van der Waals surface area contributed by atoms with Crippen LogP contribution in [0.15, 0.2) is 45.3 Å². The number of carbonyl (C=O) groups excluding carboxylic acids is 2. The summed E-state index contributed by atoms with van der Waals surface area (Å²) >= 11 is 6.39. The number of phenols is 1. The lowest BCUT2D eigenvalue weighted by Gasteiger charge is -1.95. The first-order chi connectivity index (χ1) is 9.47. The van der Waals surface area contributed by atoms with Gasteiger partial charge in [-0.25, -0.2) is 0 Å². The van der Waals surface area contributed by atoms with Crippen LogP contribution in [0, 0.1) is 6.92 Å². The molecule has 0 saturated carbocycles. The molecule has 0 aromatic heterocycles. The van der Waals surface area contributed by atoms with Gasteiger partial charge >= 0.3 is 0 Å². The third-order valence-corrected chi connectivity index (χ3v) is 3.77. The van der Waals surface area contributed by atoms with Crippen molar-refractivity contribution in [3.05, 3.63) is 62.0 Å². The number of phenolic OH excluding ortho intramolecular Hbond substituents is 1. The molecule has 0 radical (unpaired) electrons. The third-order valence-electron chi connectivity index (χ3n) is 2.39. The number of aldehydes is 2. The Hall–Kier alpha value is -1.46. The van der Waals surface area contributed by atoms with Crippen molar-refractivity contribution >= 4 is 44.4 Å². The van der Waals surface area contributed by atoms with Gasteiger partial charge in [0.25, 0.3) is 0 Å². The molecule has 0 aliphatic heterocycles. The van der Waals surface area contributed by atoms with Gasteiger partial charge in [-0.2, -0.15) is 0 Å². The van der Waals surface area contributed by atoms with Crippen molar-refractivity contribution in [2.24, 2.45) is 0 Å². The molecule has 1 N–H and O–H groups in total. The molecule has 3 nitrogen and oxygen atoms in total. The van der Waals surface area contributed by atoms with Crippen LogP contribution in [0.5, 0.6) is 5.75 Å². The molecule has 2 aromatic rings. The van der Waals surface area contributed by atoms with Crippen LogP contribution in [0.25, 0.3) is 0 Å². The fraction of sp³-hybridized carbons (Fsp3) is 0.0667. The molecule has 20 heavy (non-hydrogen) atoms. The minimum Gasteiger partial charge on any atom is -0.508 e. The van der Waals surface area contributed by atoms with Crippen LogP contribution in [-0.4, -0.2) is 17.7 Å². The monoisotopic (exact) mass is 398 g/mol. The first-order valence-corrected chi connectivity index (χ1v) is 7.21. The van der Waals surface area contributed by atoms with Gasteiger partial charge < -0.3 is 5.11 Å². The molecular weight excluding hydrogens is 388 g/mol. The molecule has 0 aliphatic rings. The fourth-order valence-electron chi connectivity index (χ4n) is 1.34. The summed E-state index contributed by atoms with van der Waals surface area (Å²) in [5.74, 6) is 0.150. The number of hydrogen-bond donors (Lipinski definition) is 1. The Bertz CT molecular complexity index is 569. The Labute approximate surface area is 133 Å². The van der Waals surface area contributed by atoms with Gasteiger partial charge in [0.1, 0.15) is 5.75 Å². The van der Waals surface area contributed by atoms with Crippen LogP contribution < -0.4 is 0 Å². The predicted octanol–water partition coefficient (Wildman–Crippen LogP) is 4.54. The molecule has 0 atom stereocenters. The lowest BCUT2D eigenvalue weighted by molar-refractivity contribution is 0.111. The quantitative estimate of drug-likeness (QED) is 0.754. The van der Waals surface area contributed by atoms with E-state index in [0.29, 0.717) is 15.6 Å². The van der Waals surface area contributed by atoms with Crippen LogP contribution in [0.1, 0.15) is 26.3 Å². The maximum atomic E-state index is 10.3. The Morgan fingerprint density at radius 3 is 1.85 bits per heavy atom. The largest absolute Gasteiger partial charge is 0.508 e. The second-order valence-corrected chi connectivity index (χ2v) is 5.68. The number of carbonyl (C=O) groups is 2. The van der Waals surface area contributed by atoms with E-state index in [4.69, 9.17) is 5.11 Å². The maximum absolute atomic E-state index is 10.3. The van der Waals surface area contributed by atoms with E-state index in [0.717, 1.165) is 22.6 Å². The van der Waals surface area contributed by atoms with E-state index in [2.05, 4.69) is 31.9 Å². The lowest BCUT2D eigenvalue weighted by atomic mass is 10.2. The molecule has 0 heterocycles. The molecule has 0 saturated heterocycles. The summed E-state index contributed by atoms with van der Waals surface area (Å²) in [4.78, 5) is 20.5. The zero-order chi connectivity index (χ0) is 15.1. The molecule has 0 unspecified atom stereocenters. The van der Waals surface area contributed by atoms with E-state index in [1.54, 1.807) is 12.1 Å². The molecule has 0 spiro atoms. The number of rotatable bonds is 2. The molecule has 0 aliphatic carbocycles. The highest BCUT2D eigenvalue weighted by molar-refractivity contribution is 9.10. The number of aromatic hydroxyl groups is 1. The Morgan fingerprint density at radius 2 is 1.40 bits per heavy atom. The second kappa shape index (κ2) is 7.97. The van der Waals surface area contributed by atoms with Gasteiger partial charge in [-0.05, 0) is 52.7 Å². The normalized spacial score (nSPS) is 9.35. The average molecular weight is 400 g/mol. The highest BCUT2D eigenvalue weighted by Crippen LogP contribution is 2.20. The minimum atomic E-state index is 0.150. The van der Waals surface area contributed by atoms with E-state index in [-0.39, 0.29) is 5.75 Å². The molecule has 104 valence electrons. The van der Waals surface area contributed by atoms with Crippen molar-refractivity contribution in [2.45, 2.75) is 6.92 Å². The molecule has 5 heteroatoms. The molecule has 0 fully saturated rings. The van der Waals surface area contributed by atoms with Crippen LogP contribution in [-0.2, 0) is 0 Å². The first kappa shape index (κ1) is 16.6. The smallest absolute Gasteiger partial charge is 0.151 e. The van der Waals surface area contributed by atoms with E-state index in [9.17, 15) is 9.59 Å². The van der Waals surface area contributed by atoms with Gasteiger partial charge in [-0.1, -0.05) is 28.1 Å². The summed E-state index contributed by atoms with van der Waals surface area (Å²) in [5, 5.41) is 8.89. The number of aryl methyl sites for hydroxylation is 1. The number of benzene rings is 2. The van der Waals surface area contributed by atoms with Gasteiger partial charge in [0, 0.05) is 20.1 Å².